The molecule has 0 aliphatic carbocycles. The van der Waals surface area contributed by atoms with Crippen LogP contribution in [0, 0.1) is 0 Å². The van der Waals surface area contributed by atoms with Gasteiger partial charge < -0.3 is 9.59 Å². The van der Waals surface area contributed by atoms with Crippen LogP contribution in [0.2, 0.25) is 0 Å². The number of nitrogens with zero attached hydrogens (tertiary/aromatic N) is 1. The summed E-state index contributed by atoms with van der Waals surface area (Å²) in [5.41, 5.74) is 4.28. The zero-order valence-electron chi connectivity index (χ0n) is 25.8. The average Bonchev–Trinajstić information content (AvgIpc) is 2.99. The molecule has 0 unspecified atom stereocenters. The van der Waals surface area contributed by atoms with E-state index in [1.807, 2.05) is 0 Å². The van der Waals surface area contributed by atoms with Gasteiger partial charge in [-0.05, 0) is 38.5 Å². The first kappa shape index (κ1) is 32.8. The van der Waals surface area contributed by atoms with Crippen LogP contribution in [-0.4, -0.2) is 22.2 Å². The van der Waals surface area contributed by atoms with Crippen molar-refractivity contribution < 1.29 is 9.59 Å². The van der Waals surface area contributed by atoms with Gasteiger partial charge >= 0.3 is 0 Å². The smallest absolute Gasteiger partial charge is 0.105 e. The Balaban J connectivity index is 1.45. The molecule has 2 nitrogen and oxygen atoms in total. The first-order valence-electron chi connectivity index (χ1n) is 16.5. The predicted octanol–water partition coefficient (Wildman–Crippen LogP) is 10.4. The van der Waals surface area contributed by atoms with E-state index in [0.717, 1.165) is 49.8 Å². The Morgan fingerprint density at radius 3 is 1.54 bits per heavy atom. The average molecular weight is 555 g/mol. The zero-order valence-corrected chi connectivity index (χ0v) is 25.8. The molecule has 0 heterocycles. The van der Waals surface area contributed by atoms with Gasteiger partial charge in [-0.1, -0.05) is 155 Å². The van der Waals surface area contributed by atoms with Crippen LogP contribution in [0.3, 0.4) is 0 Å². The van der Waals surface area contributed by atoms with Crippen LogP contribution < -0.4 is 0 Å². The van der Waals surface area contributed by atoms with Crippen molar-refractivity contribution in [2.45, 2.75) is 116 Å². The third-order valence-electron chi connectivity index (χ3n) is 8.30. The van der Waals surface area contributed by atoms with Crippen LogP contribution >= 0.6 is 0 Å². The van der Waals surface area contributed by atoms with E-state index in [9.17, 15) is 5.11 Å². The van der Waals surface area contributed by atoms with Crippen molar-refractivity contribution in [2.24, 2.45) is 0 Å². The first-order valence-corrected chi connectivity index (χ1v) is 16.5. The van der Waals surface area contributed by atoms with Crippen LogP contribution in [0.15, 0.2) is 103 Å². The van der Waals surface area contributed by atoms with Gasteiger partial charge in [0.2, 0.25) is 0 Å². The van der Waals surface area contributed by atoms with E-state index in [2.05, 4.69) is 110 Å². The highest BCUT2D eigenvalue weighted by Gasteiger charge is 2.28. The lowest BCUT2D eigenvalue weighted by Crippen LogP contribution is -2.46. The molecule has 0 bridgehead atoms. The van der Waals surface area contributed by atoms with Crippen molar-refractivity contribution in [3.63, 3.8) is 0 Å². The normalized spacial score (nSPS) is 12.6. The van der Waals surface area contributed by atoms with E-state index in [-0.39, 0.29) is 6.10 Å². The summed E-state index contributed by atoms with van der Waals surface area (Å²) < 4.78 is 1.06. The van der Waals surface area contributed by atoms with Gasteiger partial charge in [0.1, 0.15) is 19.6 Å². The number of allylic oxidation sites excluding steroid dienone is 1. The van der Waals surface area contributed by atoms with E-state index >= 15 is 0 Å². The third kappa shape index (κ3) is 14.2. The molecule has 0 aliphatic heterocycles. The lowest BCUT2D eigenvalue weighted by atomic mass is 10.0. The molecule has 3 aromatic carbocycles. The van der Waals surface area contributed by atoms with Crippen molar-refractivity contribution in [3.05, 3.63) is 120 Å². The standard InChI is InChI=1S/C39H56NO/c1-2-3-4-21-30-39(41)31-22-10-8-6-5-7-9-11-23-32-40(33-36-24-15-12-16-25-36,34-37-26-17-13-18-27-37)35-38-28-19-14-20-29-38/h10,12-20,22,24-29,39,41H,2-9,11,21,23,30-35H2,1H3/q+1/b22-10-/t39-/m1/s1. The lowest BCUT2D eigenvalue weighted by Gasteiger charge is -2.39. The molecule has 0 fully saturated rings. The monoisotopic (exact) mass is 554 g/mol. The minimum atomic E-state index is -0.153. The van der Waals surface area contributed by atoms with Crippen LogP contribution in [0.5, 0.6) is 0 Å². The molecule has 3 aromatic rings. The molecular formula is C39H56NO+. The van der Waals surface area contributed by atoms with Crippen molar-refractivity contribution in [1.82, 2.24) is 0 Å². The van der Waals surface area contributed by atoms with Crippen LogP contribution in [-0.2, 0) is 19.6 Å². The number of hydrogen-bond donors (Lipinski definition) is 1. The van der Waals surface area contributed by atoms with Gasteiger partial charge in [-0.3, -0.25) is 0 Å². The number of hydrogen-bond acceptors (Lipinski definition) is 1. The maximum atomic E-state index is 10.1. The Morgan fingerprint density at radius 2 is 1.02 bits per heavy atom. The quantitative estimate of drug-likeness (QED) is 0.0744. The molecule has 1 N–H and O–H groups in total. The molecule has 0 aliphatic rings. The summed E-state index contributed by atoms with van der Waals surface area (Å²) in [6.07, 6.45) is 20.0. The summed E-state index contributed by atoms with van der Waals surface area (Å²) in [5.74, 6) is 0. The molecule has 3 rings (SSSR count). The van der Waals surface area contributed by atoms with Crippen molar-refractivity contribution in [3.8, 4) is 0 Å². The number of benzene rings is 3. The predicted molar refractivity (Wildman–Crippen MR) is 176 cm³/mol. The molecular weight excluding hydrogens is 498 g/mol. The summed E-state index contributed by atoms with van der Waals surface area (Å²) in [6, 6.07) is 33.3. The lowest BCUT2D eigenvalue weighted by molar-refractivity contribution is -0.966. The fraction of sp³-hybridized carbons (Fsp3) is 0.487. The summed E-state index contributed by atoms with van der Waals surface area (Å²) in [4.78, 5) is 0. The highest BCUT2D eigenvalue weighted by Crippen LogP contribution is 2.26. The molecule has 0 aromatic heterocycles. The van der Waals surface area contributed by atoms with E-state index in [4.69, 9.17) is 0 Å². The molecule has 0 amide bonds. The van der Waals surface area contributed by atoms with Gasteiger partial charge in [-0.2, -0.15) is 0 Å². The number of aliphatic hydroxyl groups excluding tert-OH is 1. The van der Waals surface area contributed by atoms with Crippen molar-refractivity contribution >= 4 is 0 Å². The van der Waals surface area contributed by atoms with Crippen LogP contribution in [0.1, 0.15) is 107 Å². The van der Waals surface area contributed by atoms with E-state index in [0.29, 0.717) is 0 Å². The number of quaternary nitrogens is 1. The zero-order chi connectivity index (χ0) is 28.9. The highest BCUT2D eigenvalue weighted by molar-refractivity contribution is 5.17. The van der Waals surface area contributed by atoms with Gasteiger partial charge in [-0.25, -0.2) is 0 Å². The Bertz CT molecular complexity index is 945. The molecule has 0 spiro atoms. The van der Waals surface area contributed by atoms with Crippen molar-refractivity contribution in [2.75, 3.05) is 6.54 Å². The maximum absolute atomic E-state index is 10.1. The second-order valence-corrected chi connectivity index (χ2v) is 12.1. The third-order valence-corrected chi connectivity index (χ3v) is 8.30. The second kappa shape index (κ2) is 20.2. The first-order chi connectivity index (χ1) is 20.2. The Labute approximate surface area is 251 Å². The van der Waals surface area contributed by atoms with E-state index < -0.39 is 0 Å². The number of rotatable bonds is 22. The Kier molecular flexibility index (Phi) is 16.2. The van der Waals surface area contributed by atoms with Crippen LogP contribution in [0.25, 0.3) is 0 Å². The van der Waals surface area contributed by atoms with Gasteiger partial charge in [0.15, 0.2) is 0 Å². The Hall–Kier alpha value is -2.68. The maximum Gasteiger partial charge on any atom is 0.105 e. The van der Waals surface area contributed by atoms with Gasteiger partial charge in [0.25, 0.3) is 0 Å². The van der Waals surface area contributed by atoms with Gasteiger partial charge in [-0.15, -0.1) is 0 Å². The molecule has 222 valence electrons. The summed E-state index contributed by atoms with van der Waals surface area (Å²) in [7, 11) is 0. The summed E-state index contributed by atoms with van der Waals surface area (Å²) in [5, 5.41) is 10.1. The molecule has 0 saturated heterocycles. The minimum Gasteiger partial charge on any atom is -0.393 e. The van der Waals surface area contributed by atoms with Crippen molar-refractivity contribution in [1.29, 1.82) is 0 Å². The topological polar surface area (TPSA) is 20.2 Å². The molecule has 41 heavy (non-hydrogen) atoms. The van der Waals surface area contributed by atoms with E-state index in [1.165, 1.54) is 81.0 Å². The second-order valence-electron chi connectivity index (χ2n) is 12.1. The van der Waals surface area contributed by atoms with Crippen LogP contribution in [0.4, 0.5) is 0 Å². The van der Waals surface area contributed by atoms with Gasteiger partial charge in [0, 0.05) is 16.7 Å². The van der Waals surface area contributed by atoms with Gasteiger partial charge in [0.05, 0.1) is 12.6 Å². The molecule has 2 heteroatoms. The fourth-order valence-corrected chi connectivity index (χ4v) is 6.03. The number of unbranched alkanes of at least 4 members (excludes halogenated alkanes) is 9. The molecule has 0 radical (unpaired) electrons. The number of aliphatic hydroxyl groups is 1. The fourth-order valence-electron chi connectivity index (χ4n) is 6.03. The highest BCUT2D eigenvalue weighted by atomic mass is 16.3. The van der Waals surface area contributed by atoms with E-state index in [1.54, 1.807) is 0 Å². The molecule has 0 saturated carbocycles. The minimum absolute atomic E-state index is 0.153. The molecule has 1 atom stereocenters. The SMILES string of the molecule is CCCCCC[C@@H](O)C/C=C\CCCCCCCC[N+](Cc1ccccc1)(Cc1ccccc1)Cc1ccccc1. The summed E-state index contributed by atoms with van der Waals surface area (Å²) >= 11 is 0. The summed E-state index contributed by atoms with van der Waals surface area (Å²) in [6.45, 7) is 6.61. The largest absolute Gasteiger partial charge is 0.393 e. The Morgan fingerprint density at radius 1 is 0.561 bits per heavy atom.